The normalized spacial score (nSPS) is 11.5. The SMILES string of the molecule is Fc1ccccc1-c1cc(-c2ccccc2)cc(C(F)(F)F)n1. The van der Waals surface area contributed by atoms with Crippen LogP contribution in [-0.4, -0.2) is 4.98 Å². The highest BCUT2D eigenvalue weighted by molar-refractivity contribution is 5.71. The van der Waals surface area contributed by atoms with Crippen molar-refractivity contribution in [3.8, 4) is 22.4 Å². The van der Waals surface area contributed by atoms with E-state index in [0.29, 0.717) is 11.1 Å². The first-order valence-electron chi connectivity index (χ1n) is 6.85. The Labute approximate surface area is 130 Å². The first kappa shape index (κ1) is 15.2. The highest BCUT2D eigenvalue weighted by Crippen LogP contribution is 2.34. The fraction of sp³-hybridized carbons (Fsp3) is 0.0556. The summed E-state index contributed by atoms with van der Waals surface area (Å²) >= 11 is 0. The molecule has 3 aromatic rings. The van der Waals surface area contributed by atoms with Gasteiger partial charge in [0.2, 0.25) is 0 Å². The van der Waals surface area contributed by atoms with Crippen molar-refractivity contribution in [1.82, 2.24) is 4.98 Å². The number of alkyl halides is 3. The summed E-state index contributed by atoms with van der Waals surface area (Å²) in [7, 11) is 0. The zero-order valence-electron chi connectivity index (χ0n) is 11.8. The summed E-state index contributed by atoms with van der Waals surface area (Å²) in [6.45, 7) is 0. The van der Waals surface area contributed by atoms with Gasteiger partial charge >= 0.3 is 6.18 Å². The molecule has 0 unspecified atom stereocenters. The molecule has 1 nitrogen and oxygen atoms in total. The van der Waals surface area contributed by atoms with E-state index in [4.69, 9.17) is 0 Å². The van der Waals surface area contributed by atoms with E-state index in [1.165, 1.54) is 24.3 Å². The molecule has 23 heavy (non-hydrogen) atoms. The van der Waals surface area contributed by atoms with Crippen LogP contribution in [-0.2, 0) is 6.18 Å². The van der Waals surface area contributed by atoms with E-state index in [9.17, 15) is 17.6 Å². The molecule has 0 aliphatic heterocycles. The highest BCUT2D eigenvalue weighted by atomic mass is 19.4. The van der Waals surface area contributed by atoms with Crippen molar-refractivity contribution in [1.29, 1.82) is 0 Å². The minimum atomic E-state index is -4.61. The van der Waals surface area contributed by atoms with Crippen LogP contribution in [0, 0.1) is 5.82 Å². The first-order chi connectivity index (χ1) is 10.9. The molecule has 5 heteroatoms. The van der Waals surface area contributed by atoms with Gasteiger partial charge in [0.25, 0.3) is 0 Å². The van der Waals surface area contributed by atoms with E-state index in [-0.39, 0.29) is 11.3 Å². The molecule has 2 aromatic carbocycles. The summed E-state index contributed by atoms with van der Waals surface area (Å²) < 4.78 is 53.3. The van der Waals surface area contributed by atoms with E-state index in [0.717, 1.165) is 6.07 Å². The number of rotatable bonds is 2. The van der Waals surface area contributed by atoms with Gasteiger partial charge in [0.15, 0.2) is 0 Å². The molecule has 0 bridgehead atoms. The van der Waals surface area contributed by atoms with Crippen LogP contribution in [0.2, 0.25) is 0 Å². The minimum Gasteiger partial charge on any atom is -0.243 e. The average Bonchev–Trinajstić information content (AvgIpc) is 2.55. The summed E-state index contributed by atoms with van der Waals surface area (Å²) in [6, 6.07) is 16.7. The molecule has 0 amide bonds. The van der Waals surface area contributed by atoms with Crippen molar-refractivity contribution < 1.29 is 17.6 Å². The molecular weight excluding hydrogens is 306 g/mol. The molecule has 0 N–H and O–H groups in total. The molecule has 1 aromatic heterocycles. The lowest BCUT2D eigenvalue weighted by molar-refractivity contribution is -0.141. The Hall–Kier alpha value is -2.69. The van der Waals surface area contributed by atoms with Gasteiger partial charge in [-0.25, -0.2) is 9.37 Å². The Morgan fingerprint density at radius 1 is 0.739 bits per heavy atom. The summed E-state index contributed by atoms with van der Waals surface area (Å²) in [5, 5.41) is 0. The Kier molecular flexibility index (Phi) is 3.86. The Morgan fingerprint density at radius 3 is 2.04 bits per heavy atom. The van der Waals surface area contributed by atoms with E-state index in [1.54, 1.807) is 36.4 Å². The van der Waals surface area contributed by atoms with Gasteiger partial charge in [-0.1, -0.05) is 42.5 Å². The lowest BCUT2D eigenvalue weighted by Crippen LogP contribution is -2.09. The van der Waals surface area contributed by atoms with E-state index < -0.39 is 17.7 Å². The smallest absolute Gasteiger partial charge is 0.243 e. The molecule has 3 rings (SSSR count). The molecule has 0 saturated carbocycles. The van der Waals surface area contributed by atoms with Crippen LogP contribution < -0.4 is 0 Å². The van der Waals surface area contributed by atoms with Crippen LogP contribution in [0.25, 0.3) is 22.4 Å². The van der Waals surface area contributed by atoms with Gasteiger partial charge in [-0.3, -0.25) is 0 Å². The minimum absolute atomic E-state index is 0.0378. The summed E-state index contributed by atoms with van der Waals surface area (Å²) in [6.07, 6.45) is -4.61. The molecule has 0 fully saturated rings. The van der Waals surface area contributed by atoms with Crippen molar-refractivity contribution in [2.75, 3.05) is 0 Å². The Bertz CT molecular complexity index is 826. The highest BCUT2D eigenvalue weighted by Gasteiger charge is 2.33. The summed E-state index contributed by atoms with van der Waals surface area (Å²) in [5.41, 5.74) is -0.103. The second-order valence-corrected chi connectivity index (χ2v) is 4.97. The van der Waals surface area contributed by atoms with Gasteiger partial charge in [0.05, 0.1) is 5.69 Å². The molecule has 0 atom stereocenters. The van der Waals surface area contributed by atoms with Crippen molar-refractivity contribution in [2.45, 2.75) is 6.18 Å². The standard InChI is InChI=1S/C18H11F4N/c19-15-9-5-4-8-14(15)16-10-13(12-6-2-1-3-7-12)11-17(23-16)18(20,21)22/h1-11H. The van der Waals surface area contributed by atoms with Gasteiger partial charge in [-0.05, 0) is 35.4 Å². The summed E-state index contributed by atoms with van der Waals surface area (Å²) in [4.78, 5) is 3.60. The molecular formula is C18H11F4N. The van der Waals surface area contributed by atoms with E-state index >= 15 is 0 Å². The van der Waals surface area contributed by atoms with Gasteiger partial charge < -0.3 is 0 Å². The zero-order valence-corrected chi connectivity index (χ0v) is 11.8. The van der Waals surface area contributed by atoms with Crippen LogP contribution in [0.5, 0.6) is 0 Å². The van der Waals surface area contributed by atoms with Crippen LogP contribution in [0.3, 0.4) is 0 Å². The third-order valence-electron chi connectivity index (χ3n) is 3.37. The molecule has 0 aliphatic rings. The number of hydrogen-bond donors (Lipinski definition) is 0. The van der Waals surface area contributed by atoms with Gasteiger partial charge in [0, 0.05) is 5.56 Å². The topological polar surface area (TPSA) is 12.9 Å². The molecule has 1 heterocycles. The van der Waals surface area contributed by atoms with Crippen LogP contribution in [0.1, 0.15) is 5.69 Å². The van der Waals surface area contributed by atoms with Crippen molar-refractivity contribution in [3.63, 3.8) is 0 Å². The van der Waals surface area contributed by atoms with Crippen LogP contribution in [0.15, 0.2) is 66.7 Å². The molecule has 116 valence electrons. The Balaban J connectivity index is 2.23. The largest absolute Gasteiger partial charge is 0.433 e. The predicted octanol–water partition coefficient (Wildman–Crippen LogP) is 5.57. The molecule has 0 radical (unpaired) electrons. The number of hydrogen-bond acceptors (Lipinski definition) is 1. The lowest BCUT2D eigenvalue weighted by atomic mass is 10.0. The number of pyridine rings is 1. The van der Waals surface area contributed by atoms with Crippen molar-refractivity contribution >= 4 is 0 Å². The van der Waals surface area contributed by atoms with Crippen molar-refractivity contribution in [3.05, 3.63) is 78.2 Å². The van der Waals surface area contributed by atoms with Crippen molar-refractivity contribution in [2.24, 2.45) is 0 Å². The number of nitrogens with zero attached hydrogens (tertiary/aromatic N) is 1. The first-order valence-corrected chi connectivity index (χ1v) is 6.85. The van der Waals surface area contributed by atoms with Crippen LogP contribution >= 0.6 is 0 Å². The van der Waals surface area contributed by atoms with Gasteiger partial charge in [-0.2, -0.15) is 13.2 Å². The monoisotopic (exact) mass is 317 g/mol. The van der Waals surface area contributed by atoms with E-state index in [2.05, 4.69) is 4.98 Å². The fourth-order valence-electron chi connectivity index (χ4n) is 2.28. The predicted molar refractivity (Wildman–Crippen MR) is 80.1 cm³/mol. The number of benzene rings is 2. The quantitative estimate of drug-likeness (QED) is 0.563. The maximum absolute atomic E-state index is 13.9. The maximum atomic E-state index is 13.9. The zero-order chi connectivity index (χ0) is 16.4. The summed E-state index contributed by atoms with van der Waals surface area (Å²) in [5.74, 6) is -0.613. The second-order valence-electron chi connectivity index (χ2n) is 4.97. The number of aromatic nitrogens is 1. The maximum Gasteiger partial charge on any atom is 0.433 e. The second kappa shape index (κ2) is 5.83. The average molecular weight is 317 g/mol. The lowest BCUT2D eigenvalue weighted by Gasteiger charge is -2.12. The molecule has 0 saturated heterocycles. The number of halogens is 4. The fourth-order valence-corrected chi connectivity index (χ4v) is 2.28. The molecule has 0 aliphatic carbocycles. The van der Waals surface area contributed by atoms with E-state index in [1.807, 2.05) is 0 Å². The molecule has 0 spiro atoms. The van der Waals surface area contributed by atoms with Crippen LogP contribution in [0.4, 0.5) is 17.6 Å². The third kappa shape index (κ3) is 3.23. The Morgan fingerprint density at radius 2 is 1.39 bits per heavy atom. The van der Waals surface area contributed by atoms with Gasteiger partial charge in [0.1, 0.15) is 11.5 Å². The third-order valence-corrected chi connectivity index (χ3v) is 3.37. The van der Waals surface area contributed by atoms with Gasteiger partial charge in [-0.15, -0.1) is 0 Å².